The molecule has 2 rings (SSSR count). The van der Waals surface area contributed by atoms with Crippen LogP contribution in [-0.2, 0) is 11.3 Å². The highest BCUT2D eigenvalue weighted by Gasteiger charge is 2.15. The van der Waals surface area contributed by atoms with Crippen LogP contribution in [0, 0.1) is 0 Å². The highest BCUT2D eigenvalue weighted by atomic mass is 127. The molecule has 118 valence electrons. The van der Waals surface area contributed by atoms with Gasteiger partial charge in [0, 0.05) is 19.6 Å². The summed E-state index contributed by atoms with van der Waals surface area (Å²) in [6.07, 6.45) is 3.97. The van der Waals surface area contributed by atoms with E-state index in [1.54, 1.807) is 12.3 Å². The van der Waals surface area contributed by atoms with Gasteiger partial charge in [-0.3, -0.25) is 4.79 Å². The second kappa shape index (κ2) is 9.64. The topological polar surface area (TPSA) is 69.9 Å². The van der Waals surface area contributed by atoms with Crippen LogP contribution in [0.5, 0.6) is 0 Å². The van der Waals surface area contributed by atoms with Gasteiger partial charge in [0.1, 0.15) is 12.3 Å². The molecule has 0 aromatic carbocycles. The van der Waals surface area contributed by atoms with Crippen LogP contribution in [0.2, 0.25) is 0 Å². The van der Waals surface area contributed by atoms with Crippen molar-refractivity contribution in [3.05, 3.63) is 24.2 Å². The summed E-state index contributed by atoms with van der Waals surface area (Å²) in [6, 6.07) is 3.63. The molecule has 21 heavy (non-hydrogen) atoms. The summed E-state index contributed by atoms with van der Waals surface area (Å²) in [4.78, 5) is 18.3. The lowest BCUT2D eigenvalue weighted by molar-refractivity contribution is -0.119. The molecule has 1 saturated heterocycles. The minimum atomic E-state index is -0.101. The van der Waals surface area contributed by atoms with E-state index in [4.69, 9.17) is 4.42 Å². The Labute approximate surface area is 142 Å². The van der Waals surface area contributed by atoms with Crippen molar-refractivity contribution in [1.82, 2.24) is 15.5 Å². The number of nitrogens with zero attached hydrogens (tertiary/aromatic N) is 2. The average molecular weight is 406 g/mol. The Kier molecular flexibility index (Phi) is 8.17. The Morgan fingerprint density at radius 2 is 2.14 bits per heavy atom. The first-order chi connectivity index (χ1) is 9.79. The number of rotatable bonds is 5. The lowest BCUT2D eigenvalue weighted by Gasteiger charge is -2.20. The summed E-state index contributed by atoms with van der Waals surface area (Å²) in [5.74, 6) is 1.47. The monoisotopic (exact) mass is 406 g/mol. The highest BCUT2D eigenvalue weighted by molar-refractivity contribution is 14.0. The van der Waals surface area contributed by atoms with Crippen LogP contribution in [0.1, 0.15) is 25.5 Å². The molecule has 0 atom stereocenters. The van der Waals surface area contributed by atoms with E-state index in [0.29, 0.717) is 6.54 Å². The van der Waals surface area contributed by atoms with E-state index in [9.17, 15) is 4.79 Å². The van der Waals surface area contributed by atoms with E-state index in [0.717, 1.165) is 31.4 Å². The third-order valence-electron chi connectivity index (χ3n) is 3.15. The molecule has 0 saturated carbocycles. The number of carbonyl (C=O) groups is 1. The minimum absolute atomic E-state index is 0. The largest absolute Gasteiger partial charge is 0.467 e. The van der Waals surface area contributed by atoms with Crippen molar-refractivity contribution in [2.45, 2.75) is 26.3 Å². The van der Waals surface area contributed by atoms with Crippen LogP contribution in [0.25, 0.3) is 0 Å². The van der Waals surface area contributed by atoms with Crippen molar-refractivity contribution < 1.29 is 9.21 Å². The normalized spacial score (nSPS) is 14.7. The quantitative estimate of drug-likeness (QED) is 0.443. The molecule has 6 nitrogen and oxygen atoms in total. The molecule has 1 aromatic heterocycles. The number of carbonyl (C=O) groups excluding carboxylic acids is 1. The predicted molar refractivity (Wildman–Crippen MR) is 92.8 cm³/mol. The first-order valence-electron chi connectivity index (χ1n) is 7.12. The molecule has 0 spiro atoms. The van der Waals surface area contributed by atoms with Gasteiger partial charge in [0.2, 0.25) is 5.91 Å². The van der Waals surface area contributed by atoms with E-state index in [2.05, 4.69) is 20.5 Å². The number of aliphatic imine (C=N–C) groups is 1. The molecule has 1 fully saturated rings. The number of likely N-dealkylation sites (tertiary alicyclic amines) is 1. The standard InChI is InChI=1S/C14H22N4O2.HI/c1-2-15-14(18-7-3-4-8-18)17-11-13(19)16-10-12-6-5-9-20-12;/h5-6,9H,2-4,7-8,10-11H2,1H3,(H,15,17)(H,16,19);1H. The van der Waals surface area contributed by atoms with Crippen LogP contribution >= 0.6 is 24.0 Å². The zero-order valence-electron chi connectivity index (χ0n) is 12.3. The van der Waals surface area contributed by atoms with Crippen LogP contribution in [0.3, 0.4) is 0 Å². The van der Waals surface area contributed by atoms with Crippen molar-refractivity contribution >= 4 is 35.8 Å². The van der Waals surface area contributed by atoms with Crippen LogP contribution in [0.4, 0.5) is 0 Å². The van der Waals surface area contributed by atoms with E-state index < -0.39 is 0 Å². The average Bonchev–Trinajstić information content (AvgIpc) is 3.13. The van der Waals surface area contributed by atoms with Crippen LogP contribution in [-0.4, -0.2) is 42.9 Å². The molecular formula is C14H23IN4O2. The Morgan fingerprint density at radius 1 is 1.38 bits per heavy atom. The maximum Gasteiger partial charge on any atom is 0.242 e. The molecule has 0 radical (unpaired) electrons. The van der Waals surface area contributed by atoms with Gasteiger partial charge in [0.25, 0.3) is 0 Å². The second-order valence-electron chi connectivity index (χ2n) is 4.72. The molecule has 1 aromatic rings. The van der Waals surface area contributed by atoms with Crippen molar-refractivity contribution in [3.63, 3.8) is 0 Å². The van der Waals surface area contributed by atoms with Crippen LogP contribution < -0.4 is 10.6 Å². The van der Waals surface area contributed by atoms with Gasteiger partial charge in [0.15, 0.2) is 5.96 Å². The van der Waals surface area contributed by atoms with E-state index >= 15 is 0 Å². The molecule has 2 heterocycles. The Hall–Kier alpha value is -1.25. The van der Waals surface area contributed by atoms with Gasteiger partial charge in [-0.1, -0.05) is 0 Å². The molecule has 2 N–H and O–H groups in total. The maximum absolute atomic E-state index is 11.8. The first-order valence-corrected chi connectivity index (χ1v) is 7.12. The fraction of sp³-hybridized carbons (Fsp3) is 0.571. The SMILES string of the molecule is CCNC(=NCC(=O)NCc1ccco1)N1CCCC1.I. The molecule has 1 aliphatic rings. The number of guanidine groups is 1. The van der Waals surface area contributed by atoms with Crippen LogP contribution in [0.15, 0.2) is 27.8 Å². The molecular weight excluding hydrogens is 383 g/mol. The molecule has 0 aliphatic carbocycles. The lowest BCUT2D eigenvalue weighted by atomic mass is 10.4. The smallest absolute Gasteiger partial charge is 0.242 e. The zero-order chi connectivity index (χ0) is 14.2. The van der Waals surface area contributed by atoms with Gasteiger partial charge < -0.3 is 20.0 Å². The van der Waals surface area contributed by atoms with Crippen molar-refractivity contribution in [3.8, 4) is 0 Å². The third-order valence-corrected chi connectivity index (χ3v) is 3.15. The second-order valence-corrected chi connectivity index (χ2v) is 4.72. The number of hydrogen-bond donors (Lipinski definition) is 2. The highest BCUT2D eigenvalue weighted by Crippen LogP contribution is 2.07. The number of amides is 1. The summed E-state index contributed by atoms with van der Waals surface area (Å²) in [5, 5.41) is 6.01. The molecule has 7 heteroatoms. The summed E-state index contributed by atoms with van der Waals surface area (Å²) in [6.45, 7) is 5.41. The number of furan rings is 1. The fourth-order valence-corrected chi connectivity index (χ4v) is 2.16. The lowest BCUT2D eigenvalue weighted by Crippen LogP contribution is -2.40. The number of halogens is 1. The Balaban J connectivity index is 0.00000220. The van der Waals surface area contributed by atoms with Gasteiger partial charge in [-0.15, -0.1) is 24.0 Å². The number of nitrogens with one attached hydrogen (secondary N) is 2. The van der Waals surface area contributed by atoms with Crippen molar-refractivity contribution in [1.29, 1.82) is 0 Å². The molecule has 1 aliphatic heterocycles. The van der Waals surface area contributed by atoms with E-state index in [-0.39, 0.29) is 36.4 Å². The Bertz CT molecular complexity index is 442. The summed E-state index contributed by atoms with van der Waals surface area (Å²) in [5.41, 5.74) is 0. The maximum atomic E-state index is 11.8. The van der Waals surface area contributed by atoms with E-state index in [1.165, 1.54) is 12.8 Å². The van der Waals surface area contributed by atoms with Gasteiger partial charge in [-0.25, -0.2) is 4.99 Å². The minimum Gasteiger partial charge on any atom is -0.467 e. The first kappa shape index (κ1) is 17.8. The van der Waals surface area contributed by atoms with Crippen molar-refractivity contribution in [2.75, 3.05) is 26.2 Å². The van der Waals surface area contributed by atoms with Gasteiger partial charge in [0.05, 0.1) is 12.8 Å². The molecule has 0 bridgehead atoms. The zero-order valence-corrected chi connectivity index (χ0v) is 14.6. The summed E-state index contributed by atoms with van der Waals surface area (Å²) >= 11 is 0. The summed E-state index contributed by atoms with van der Waals surface area (Å²) < 4.78 is 5.16. The fourth-order valence-electron chi connectivity index (χ4n) is 2.16. The van der Waals surface area contributed by atoms with Gasteiger partial charge >= 0.3 is 0 Å². The molecule has 0 unspecified atom stereocenters. The van der Waals surface area contributed by atoms with Gasteiger partial charge in [-0.2, -0.15) is 0 Å². The van der Waals surface area contributed by atoms with E-state index in [1.807, 2.05) is 13.0 Å². The third kappa shape index (κ3) is 5.94. The summed E-state index contributed by atoms with van der Waals surface area (Å²) in [7, 11) is 0. The number of hydrogen-bond acceptors (Lipinski definition) is 3. The predicted octanol–water partition coefficient (Wildman–Crippen LogP) is 1.58. The van der Waals surface area contributed by atoms with Gasteiger partial charge in [-0.05, 0) is 31.9 Å². The molecule has 1 amide bonds. The Morgan fingerprint density at radius 3 is 2.76 bits per heavy atom. The van der Waals surface area contributed by atoms with Crippen molar-refractivity contribution in [2.24, 2.45) is 4.99 Å².